The molecule has 0 bridgehead atoms. The molecule has 0 aliphatic rings. The van der Waals surface area contributed by atoms with Crippen LogP contribution in [0.5, 0.6) is 0 Å². The van der Waals surface area contributed by atoms with Gasteiger partial charge in [0.15, 0.2) is 5.78 Å². The van der Waals surface area contributed by atoms with E-state index in [9.17, 15) is 14.4 Å². The number of Topliss-reactive ketones (excluding diaryl/α,β-unsaturated/α-hetero) is 1. The van der Waals surface area contributed by atoms with E-state index >= 15 is 0 Å². The summed E-state index contributed by atoms with van der Waals surface area (Å²) in [6, 6.07) is 16.1. The van der Waals surface area contributed by atoms with Crippen LogP contribution in [-0.2, 0) is 27.2 Å². The Hall–Kier alpha value is -3.27. The maximum Gasteiger partial charge on any atom is 0.243 e. The summed E-state index contributed by atoms with van der Waals surface area (Å²) in [6.07, 6.45) is 2.80. The van der Waals surface area contributed by atoms with Gasteiger partial charge in [0.2, 0.25) is 11.8 Å². The fourth-order valence-electron chi connectivity index (χ4n) is 3.48. The van der Waals surface area contributed by atoms with Crippen molar-refractivity contribution in [3.05, 3.63) is 71.8 Å². The van der Waals surface area contributed by atoms with Gasteiger partial charge >= 0.3 is 0 Å². The van der Waals surface area contributed by atoms with Crippen LogP contribution in [0.1, 0.15) is 24.0 Å². The molecule has 0 fully saturated rings. The van der Waals surface area contributed by atoms with Crippen molar-refractivity contribution in [1.29, 1.82) is 0 Å². The van der Waals surface area contributed by atoms with E-state index in [2.05, 4.69) is 21.1 Å². The molecule has 0 aliphatic carbocycles. The van der Waals surface area contributed by atoms with Gasteiger partial charge in [-0.25, -0.2) is 5.84 Å². The number of alkyl halides is 1. The van der Waals surface area contributed by atoms with Gasteiger partial charge in [-0.1, -0.05) is 60.7 Å². The molecule has 0 spiro atoms. The van der Waals surface area contributed by atoms with E-state index in [0.717, 1.165) is 11.1 Å². The molecule has 0 aromatic heterocycles. The van der Waals surface area contributed by atoms with Crippen LogP contribution < -0.4 is 27.6 Å². The SMILES string of the molecule is NNC=NCCCC(NC(=O)C(Cc1ccccc1)NC(=O)C(N)Cc1ccccc1)C(=O)CCl. The summed E-state index contributed by atoms with van der Waals surface area (Å²) in [5.74, 6) is 3.65. The number of carbonyl (C=O) groups excluding carboxylic acids is 3. The molecule has 2 aromatic rings. The molecule has 188 valence electrons. The van der Waals surface area contributed by atoms with Crippen molar-refractivity contribution in [1.82, 2.24) is 16.1 Å². The van der Waals surface area contributed by atoms with Gasteiger partial charge in [0.1, 0.15) is 6.04 Å². The average Bonchev–Trinajstić information content (AvgIpc) is 2.88. The smallest absolute Gasteiger partial charge is 0.243 e. The highest BCUT2D eigenvalue weighted by molar-refractivity contribution is 6.28. The minimum absolute atomic E-state index is 0.240. The molecular weight excluding hydrogens is 468 g/mol. The van der Waals surface area contributed by atoms with Crippen molar-refractivity contribution in [2.75, 3.05) is 12.4 Å². The second-order valence-corrected chi connectivity index (χ2v) is 8.32. The van der Waals surface area contributed by atoms with Gasteiger partial charge in [0.05, 0.1) is 24.3 Å². The van der Waals surface area contributed by atoms with Gasteiger partial charge in [0.25, 0.3) is 0 Å². The molecular formula is C25H33ClN6O3. The Labute approximate surface area is 210 Å². The molecule has 0 aliphatic heterocycles. The minimum atomic E-state index is -0.920. The Morgan fingerprint density at radius 1 is 0.886 bits per heavy atom. The maximum atomic E-state index is 13.2. The van der Waals surface area contributed by atoms with E-state index < -0.39 is 29.9 Å². The van der Waals surface area contributed by atoms with E-state index in [0.29, 0.717) is 25.8 Å². The minimum Gasteiger partial charge on any atom is -0.344 e. The van der Waals surface area contributed by atoms with Crippen LogP contribution >= 0.6 is 11.6 Å². The zero-order chi connectivity index (χ0) is 25.5. The van der Waals surface area contributed by atoms with E-state index in [1.165, 1.54) is 6.34 Å². The Morgan fingerprint density at radius 2 is 1.46 bits per heavy atom. The van der Waals surface area contributed by atoms with Gasteiger partial charge < -0.3 is 21.8 Å². The first kappa shape index (κ1) is 28.0. The second kappa shape index (κ2) is 15.6. The van der Waals surface area contributed by atoms with Crippen molar-refractivity contribution < 1.29 is 14.4 Å². The first-order chi connectivity index (χ1) is 16.9. The van der Waals surface area contributed by atoms with Crippen molar-refractivity contribution in [2.45, 2.75) is 43.8 Å². The molecule has 10 heteroatoms. The highest BCUT2D eigenvalue weighted by Gasteiger charge is 2.28. The Bertz CT molecular complexity index is 958. The third-order valence-corrected chi connectivity index (χ3v) is 5.60. The van der Waals surface area contributed by atoms with Crippen molar-refractivity contribution in [3.63, 3.8) is 0 Å². The number of aliphatic imine (C=N–C) groups is 1. The number of hydrogen-bond donors (Lipinski definition) is 5. The Morgan fingerprint density at radius 3 is 2.03 bits per heavy atom. The van der Waals surface area contributed by atoms with Crippen LogP contribution in [0.4, 0.5) is 0 Å². The zero-order valence-electron chi connectivity index (χ0n) is 19.5. The molecule has 2 amide bonds. The monoisotopic (exact) mass is 500 g/mol. The van der Waals surface area contributed by atoms with Crippen molar-refractivity contribution in [3.8, 4) is 0 Å². The lowest BCUT2D eigenvalue weighted by Crippen LogP contribution is -2.55. The van der Waals surface area contributed by atoms with Crippen LogP contribution in [0.2, 0.25) is 0 Å². The molecule has 9 nitrogen and oxygen atoms in total. The number of hydrazine groups is 1. The summed E-state index contributed by atoms with van der Waals surface area (Å²) < 4.78 is 0. The van der Waals surface area contributed by atoms with Gasteiger partial charge in [-0.2, -0.15) is 0 Å². The lowest BCUT2D eigenvalue weighted by atomic mass is 10.0. The number of halogens is 1. The van der Waals surface area contributed by atoms with E-state index in [1.807, 2.05) is 60.7 Å². The number of nitrogens with one attached hydrogen (secondary N) is 3. The predicted molar refractivity (Wildman–Crippen MR) is 138 cm³/mol. The van der Waals surface area contributed by atoms with Gasteiger partial charge in [-0.3, -0.25) is 19.4 Å². The Balaban J connectivity index is 2.10. The number of rotatable bonds is 15. The normalized spacial score (nSPS) is 13.6. The number of ketones is 1. The van der Waals surface area contributed by atoms with Crippen molar-refractivity contribution >= 4 is 35.5 Å². The molecule has 2 rings (SSSR count). The van der Waals surface area contributed by atoms with Crippen molar-refractivity contribution in [2.24, 2.45) is 16.6 Å². The van der Waals surface area contributed by atoms with Crippen LogP contribution in [0, 0.1) is 0 Å². The molecule has 0 radical (unpaired) electrons. The third-order valence-electron chi connectivity index (χ3n) is 5.33. The molecule has 3 unspecified atom stereocenters. The number of carbonyl (C=O) groups is 3. The fraction of sp³-hybridized carbons (Fsp3) is 0.360. The lowest BCUT2D eigenvalue weighted by Gasteiger charge is -2.24. The van der Waals surface area contributed by atoms with Gasteiger partial charge in [0, 0.05) is 13.0 Å². The first-order valence-electron chi connectivity index (χ1n) is 11.4. The summed E-state index contributed by atoms with van der Waals surface area (Å²) >= 11 is 5.76. The zero-order valence-corrected chi connectivity index (χ0v) is 20.3. The number of amides is 2. The number of benzene rings is 2. The molecule has 7 N–H and O–H groups in total. The largest absolute Gasteiger partial charge is 0.344 e. The molecule has 3 atom stereocenters. The van der Waals surface area contributed by atoms with Crippen LogP contribution in [0.25, 0.3) is 0 Å². The second-order valence-electron chi connectivity index (χ2n) is 8.05. The van der Waals surface area contributed by atoms with Crippen LogP contribution in [0.3, 0.4) is 0 Å². The number of hydrogen-bond acceptors (Lipinski definition) is 6. The molecule has 0 saturated carbocycles. The summed E-state index contributed by atoms with van der Waals surface area (Å²) in [4.78, 5) is 42.5. The van der Waals surface area contributed by atoms with E-state index in [1.54, 1.807) is 0 Å². The predicted octanol–water partition coefficient (Wildman–Crippen LogP) is 0.848. The number of nitrogens with two attached hydrogens (primary N) is 2. The van der Waals surface area contributed by atoms with Crippen LogP contribution in [0.15, 0.2) is 65.7 Å². The van der Waals surface area contributed by atoms with E-state index in [4.69, 9.17) is 23.2 Å². The maximum absolute atomic E-state index is 13.2. The first-order valence-corrected chi connectivity index (χ1v) is 11.9. The highest BCUT2D eigenvalue weighted by atomic mass is 35.5. The highest BCUT2D eigenvalue weighted by Crippen LogP contribution is 2.08. The van der Waals surface area contributed by atoms with Gasteiger partial charge in [-0.05, 0) is 30.4 Å². The third kappa shape index (κ3) is 10.3. The summed E-state index contributed by atoms with van der Waals surface area (Å²) in [7, 11) is 0. The average molecular weight is 501 g/mol. The summed E-state index contributed by atoms with van der Waals surface area (Å²) in [5, 5.41) is 5.52. The quantitative estimate of drug-likeness (QED) is 0.0610. The molecule has 0 heterocycles. The van der Waals surface area contributed by atoms with Crippen LogP contribution in [-0.4, -0.2) is 54.5 Å². The Kier molecular flexibility index (Phi) is 12.5. The molecule has 35 heavy (non-hydrogen) atoms. The summed E-state index contributed by atoms with van der Waals surface area (Å²) in [6.45, 7) is 0.421. The topological polar surface area (TPSA) is 152 Å². The number of nitrogens with zero attached hydrogens (tertiary/aromatic N) is 1. The lowest BCUT2D eigenvalue weighted by molar-refractivity contribution is -0.131. The molecule has 2 aromatic carbocycles. The standard InChI is InChI=1S/C25H33ClN6O3/c26-16-23(33)21(12-7-13-29-17-30-28)31-25(35)22(15-19-10-5-2-6-11-19)32-24(34)20(27)14-18-8-3-1-4-9-18/h1-6,8-11,17,20-22H,7,12-16,27-28H2,(H,29,30)(H,31,35)(H,32,34). The summed E-state index contributed by atoms with van der Waals surface area (Å²) in [5.41, 5.74) is 10.2. The van der Waals surface area contributed by atoms with Gasteiger partial charge in [-0.15, -0.1) is 11.6 Å². The molecule has 0 saturated heterocycles. The fourth-order valence-corrected chi connectivity index (χ4v) is 3.67. The van der Waals surface area contributed by atoms with E-state index in [-0.39, 0.29) is 18.1 Å².